The Morgan fingerprint density at radius 1 is 1.07 bits per heavy atom. The maximum Gasteiger partial charge on any atom is 0.186 e. The smallest absolute Gasteiger partial charge is 0.186 e. The molecule has 3 aromatic rings. The molecule has 0 radical (unpaired) electrons. The number of thiazole rings is 1. The van der Waals surface area contributed by atoms with Crippen LogP contribution in [0.15, 0.2) is 48.5 Å². The Balaban J connectivity index is 1.25. The summed E-state index contributed by atoms with van der Waals surface area (Å²) < 4.78 is 13.5. The minimum atomic E-state index is 0.0406. The summed E-state index contributed by atoms with van der Waals surface area (Å²) in [4.78, 5) is 7.26. The number of nitrogens with zero attached hydrogens (tertiary/aromatic N) is 2. The normalized spacial score (nSPS) is 21.0. The van der Waals surface area contributed by atoms with Crippen molar-refractivity contribution in [3.8, 4) is 11.5 Å². The summed E-state index contributed by atoms with van der Waals surface area (Å²) >= 11 is 1.79. The number of para-hydroxylation sites is 3. The van der Waals surface area contributed by atoms with Gasteiger partial charge in [0.25, 0.3) is 0 Å². The van der Waals surface area contributed by atoms with Gasteiger partial charge in [0.1, 0.15) is 12.7 Å². The number of benzene rings is 2. The highest BCUT2D eigenvalue weighted by atomic mass is 32.1. The van der Waals surface area contributed by atoms with Gasteiger partial charge in [0.05, 0.1) is 16.3 Å². The molecule has 0 amide bonds. The number of likely N-dealkylation sites (N-methyl/N-ethyl adjacent to an activating group) is 1. The standard InChI is InChI=1S/C22H25N3O2S/c1-23-21(19-14-26-17-7-3-4-8-18(17)27-19)15-10-12-25(13-11-15)22-24-16-6-2-5-9-20(16)28-22/h2-9,15,19,21,23H,10-14H2,1H3. The van der Waals surface area contributed by atoms with Crippen molar-refractivity contribution < 1.29 is 9.47 Å². The summed E-state index contributed by atoms with van der Waals surface area (Å²) in [5.41, 5.74) is 1.10. The zero-order chi connectivity index (χ0) is 18.9. The number of anilines is 1. The van der Waals surface area contributed by atoms with Crippen molar-refractivity contribution in [3.63, 3.8) is 0 Å². The summed E-state index contributed by atoms with van der Waals surface area (Å²) in [7, 11) is 2.04. The number of hydrogen-bond donors (Lipinski definition) is 1. The number of nitrogens with one attached hydrogen (secondary N) is 1. The van der Waals surface area contributed by atoms with Gasteiger partial charge in [-0.15, -0.1) is 0 Å². The highest BCUT2D eigenvalue weighted by Gasteiger charge is 2.35. The van der Waals surface area contributed by atoms with Gasteiger partial charge in [-0.3, -0.25) is 0 Å². The van der Waals surface area contributed by atoms with E-state index in [0.717, 1.165) is 48.1 Å². The lowest BCUT2D eigenvalue weighted by Crippen LogP contribution is -2.53. The Bertz CT molecular complexity index is 919. The fourth-order valence-electron chi connectivity index (χ4n) is 4.38. The van der Waals surface area contributed by atoms with Crippen molar-refractivity contribution in [2.24, 2.45) is 5.92 Å². The predicted molar refractivity (Wildman–Crippen MR) is 114 cm³/mol. The van der Waals surface area contributed by atoms with Crippen LogP contribution in [0.4, 0.5) is 5.13 Å². The molecule has 3 heterocycles. The van der Waals surface area contributed by atoms with Crippen LogP contribution in [-0.2, 0) is 0 Å². The SMILES string of the molecule is CNC(C1CCN(c2nc3ccccc3s2)CC1)C1COc2ccccc2O1. The molecule has 0 bridgehead atoms. The molecule has 2 aliphatic heterocycles. The molecule has 1 saturated heterocycles. The monoisotopic (exact) mass is 395 g/mol. The number of fused-ring (bicyclic) bond motifs is 2. The first kappa shape index (κ1) is 17.8. The maximum absolute atomic E-state index is 6.28. The van der Waals surface area contributed by atoms with Crippen LogP contribution >= 0.6 is 11.3 Å². The van der Waals surface area contributed by atoms with E-state index < -0.39 is 0 Å². The molecule has 1 aromatic heterocycles. The molecule has 2 unspecified atom stereocenters. The third kappa shape index (κ3) is 3.31. The number of ether oxygens (including phenoxy) is 2. The van der Waals surface area contributed by atoms with Gasteiger partial charge in [0, 0.05) is 13.1 Å². The van der Waals surface area contributed by atoms with E-state index in [1.54, 1.807) is 11.3 Å². The average Bonchev–Trinajstić information content (AvgIpc) is 3.19. The van der Waals surface area contributed by atoms with E-state index in [-0.39, 0.29) is 12.1 Å². The Labute approximate surface area is 169 Å². The van der Waals surface area contributed by atoms with Gasteiger partial charge in [-0.1, -0.05) is 35.6 Å². The molecule has 1 N–H and O–H groups in total. The second-order valence-corrected chi connectivity index (χ2v) is 8.53. The highest BCUT2D eigenvalue weighted by Crippen LogP contribution is 2.35. The third-order valence-corrected chi connectivity index (χ3v) is 6.96. The van der Waals surface area contributed by atoms with Gasteiger partial charge in [-0.2, -0.15) is 0 Å². The van der Waals surface area contributed by atoms with Gasteiger partial charge in [0.15, 0.2) is 16.6 Å². The zero-order valence-corrected chi connectivity index (χ0v) is 16.8. The van der Waals surface area contributed by atoms with Gasteiger partial charge >= 0.3 is 0 Å². The molecule has 2 aliphatic rings. The van der Waals surface area contributed by atoms with Crippen LogP contribution in [0.5, 0.6) is 11.5 Å². The summed E-state index contributed by atoms with van der Waals surface area (Å²) in [6.07, 6.45) is 2.30. The predicted octanol–water partition coefficient (Wildman–Crippen LogP) is 3.94. The molecule has 28 heavy (non-hydrogen) atoms. The average molecular weight is 396 g/mol. The molecule has 5 rings (SSSR count). The van der Waals surface area contributed by atoms with Crippen molar-refractivity contribution in [3.05, 3.63) is 48.5 Å². The Morgan fingerprint density at radius 2 is 1.82 bits per heavy atom. The van der Waals surface area contributed by atoms with Crippen molar-refractivity contribution in [2.75, 3.05) is 31.6 Å². The van der Waals surface area contributed by atoms with E-state index in [1.165, 1.54) is 4.70 Å². The fourth-order valence-corrected chi connectivity index (χ4v) is 5.40. The second-order valence-electron chi connectivity index (χ2n) is 7.52. The number of aromatic nitrogens is 1. The highest BCUT2D eigenvalue weighted by molar-refractivity contribution is 7.22. The van der Waals surface area contributed by atoms with E-state index >= 15 is 0 Å². The number of rotatable bonds is 4. The molecule has 5 nitrogen and oxygen atoms in total. The van der Waals surface area contributed by atoms with Gasteiger partial charge in [-0.25, -0.2) is 4.98 Å². The van der Waals surface area contributed by atoms with Gasteiger partial charge in [-0.05, 0) is 50.1 Å². The van der Waals surface area contributed by atoms with E-state index in [1.807, 2.05) is 31.3 Å². The molecule has 1 fully saturated rings. The Kier molecular flexibility index (Phi) is 4.82. The number of hydrogen-bond acceptors (Lipinski definition) is 6. The van der Waals surface area contributed by atoms with E-state index in [2.05, 4.69) is 34.5 Å². The summed E-state index contributed by atoms with van der Waals surface area (Å²) in [5.74, 6) is 2.26. The van der Waals surface area contributed by atoms with E-state index in [0.29, 0.717) is 12.5 Å². The first-order valence-electron chi connectivity index (χ1n) is 9.98. The summed E-state index contributed by atoms with van der Waals surface area (Å²) in [6, 6.07) is 16.6. The van der Waals surface area contributed by atoms with Crippen LogP contribution in [0.3, 0.4) is 0 Å². The minimum Gasteiger partial charge on any atom is -0.486 e. The lowest BCUT2D eigenvalue weighted by Gasteiger charge is -2.40. The van der Waals surface area contributed by atoms with Gasteiger partial charge < -0.3 is 19.7 Å². The quantitative estimate of drug-likeness (QED) is 0.725. The molecular weight excluding hydrogens is 370 g/mol. The van der Waals surface area contributed by atoms with Crippen LogP contribution in [0.25, 0.3) is 10.2 Å². The summed E-state index contributed by atoms with van der Waals surface area (Å²) in [5, 5.41) is 4.66. The first-order chi connectivity index (χ1) is 13.8. The summed E-state index contributed by atoms with van der Waals surface area (Å²) in [6.45, 7) is 2.67. The molecule has 2 aromatic carbocycles. The molecular formula is C22H25N3O2S. The first-order valence-corrected chi connectivity index (χ1v) is 10.8. The third-order valence-electron chi connectivity index (χ3n) is 5.87. The second kappa shape index (κ2) is 7.60. The van der Waals surface area contributed by atoms with Crippen LogP contribution < -0.4 is 19.7 Å². The molecule has 2 atom stereocenters. The number of piperidine rings is 1. The largest absolute Gasteiger partial charge is 0.486 e. The lowest BCUT2D eigenvalue weighted by molar-refractivity contribution is 0.0417. The topological polar surface area (TPSA) is 46.6 Å². The van der Waals surface area contributed by atoms with Crippen LogP contribution in [-0.4, -0.2) is 43.9 Å². The van der Waals surface area contributed by atoms with Crippen molar-refractivity contribution in [2.45, 2.75) is 25.0 Å². The van der Waals surface area contributed by atoms with Crippen LogP contribution in [0, 0.1) is 5.92 Å². The van der Waals surface area contributed by atoms with Crippen LogP contribution in [0.1, 0.15) is 12.8 Å². The lowest BCUT2D eigenvalue weighted by atomic mass is 9.86. The molecule has 0 saturated carbocycles. The van der Waals surface area contributed by atoms with E-state index in [4.69, 9.17) is 14.5 Å². The van der Waals surface area contributed by atoms with Gasteiger partial charge in [0.2, 0.25) is 0 Å². The Hall–Kier alpha value is -2.31. The van der Waals surface area contributed by atoms with E-state index in [9.17, 15) is 0 Å². The fraction of sp³-hybridized carbons (Fsp3) is 0.409. The van der Waals surface area contributed by atoms with Crippen molar-refractivity contribution >= 4 is 26.7 Å². The molecule has 0 aliphatic carbocycles. The maximum atomic E-state index is 6.28. The van der Waals surface area contributed by atoms with Crippen molar-refractivity contribution in [1.29, 1.82) is 0 Å². The zero-order valence-electron chi connectivity index (χ0n) is 16.0. The minimum absolute atomic E-state index is 0.0406. The van der Waals surface area contributed by atoms with Crippen molar-refractivity contribution in [1.82, 2.24) is 10.3 Å². The Morgan fingerprint density at radius 3 is 2.61 bits per heavy atom. The molecule has 146 valence electrons. The van der Waals surface area contributed by atoms with Crippen LogP contribution in [0.2, 0.25) is 0 Å². The molecule has 0 spiro atoms. The molecule has 6 heteroatoms.